The number of hydrogen-bond donors (Lipinski definition) is 2. The minimum atomic E-state index is -0.440. The van der Waals surface area contributed by atoms with Gasteiger partial charge in [-0.3, -0.25) is 0 Å². The molecule has 0 fully saturated rings. The van der Waals surface area contributed by atoms with E-state index in [1.54, 1.807) is 24.3 Å². The van der Waals surface area contributed by atoms with Crippen molar-refractivity contribution in [3.63, 3.8) is 0 Å². The Bertz CT molecular complexity index is 712. The number of hydrogen-bond acceptors (Lipinski definition) is 3. The van der Waals surface area contributed by atoms with Gasteiger partial charge in [-0.25, -0.2) is 9.59 Å². The number of benzene rings is 2. The first-order valence-corrected chi connectivity index (χ1v) is 7.71. The van der Waals surface area contributed by atoms with Crippen LogP contribution < -0.4 is 10.6 Å². The topological polar surface area (TPSA) is 67.4 Å². The predicted molar refractivity (Wildman–Crippen MR) is 94.3 cm³/mol. The van der Waals surface area contributed by atoms with Gasteiger partial charge in [-0.15, -0.1) is 0 Å². The number of esters is 1. The molecule has 2 rings (SSSR count). The zero-order chi connectivity index (χ0) is 17.6. The van der Waals surface area contributed by atoms with Gasteiger partial charge in [0.05, 0.1) is 12.7 Å². The number of ether oxygens (including phenoxy) is 1. The van der Waals surface area contributed by atoms with Crippen LogP contribution in [0.1, 0.15) is 29.8 Å². The number of urea groups is 1. The summed E-state index contributed by atoms with van der Waals surface area (Å²) in [4.78, 5) is 23.6. The number of carbonyl (C=O) groups excluding carboxylic acids is 2. The Kier molecular flexibility index (Phi) is 5.58. The first-order chi connectivity index (χ1) is 11.4. The lowest BCUT2D eigenvalue weighted by Gasteiger charge is -2.25. The van der Waals surface area contributed by atoms with Gasteiger partial charge in [0.15, 0.2) is 0 Å². The summed E-state index contributed by atoms with van der Waals surface area (Å²) in [5.41, 5.74) is 1.89. The molecule has 0 unspecified atom stereocenters. The van der Waals surface area contributed by atoms with E-state index in [1.807, 2.05) is 30.3 Å². The second-order valence-corrected chi connectivity index (χ2v) is 6.13. The Morgan fingerprint density at radius 1 is 1.04 bits per heavy atom. The number of carbonyl (C=O) groups is 2. The van der Waals surface area contributed by atoms with Crippen LogP contribution in [0.4, 0.5) is 10.5 Å². The van der Waals surface area contributed by atoms with Crippen molar-refractivity contribution >= 4 is 17.7 Å². The van der Waals surface area contributed by atoms with Crippen molar-refractivity contribution in [3.05, 3.63) is 65.7 Å². The van der Waals surface area contributed by atoms with Gasteiger partial charge in [-0.1, -0.05) is 50.2 Å². The van der Waals surface area contributed by atoms with Crippen LogP contribution in [0.3, 0.4) is 0 Å². The predicted octanol–water partition coefficient (Wildman–Crippen LogP) is 3.57. The maximum absolute atomic E-state index is 12.1. The zero-order valence-electron chi connectivity index (χ0n) is 14.1. The molecule has 2 N–H and O–H groups in total. The summed E-state index contributed by atoms with van der Waals surface area (Å²) in [6.45, 7) is 4.63. The normalized spacial score (nSPS) is 10.8. The molecule has 0 saturated heterocycles. The molecule has 5 nitrogen and oxygen atoms in total. The SMILES string of the molecule is COC(=O)c1cccc(NC(=O)NCC(C)(C)c2ccccc2)c1. The van der Waals surface area contributed by atoms with Crippen LogP contribution in [0, 0.1) is 0 Å². The first-order valence-electron chi connectivity index (χ1n) is 7.71. The van der Waals surface area contributed by atoms with Gasteiger partial charge in [0.2, 0.25) is 0 Å². The van der Waals surface area contributed by atoms with E-state index < -0.39 is 5.97 Å². The molecule has 0 aromatic heterocycles. The van der Waals surface area contributed by atoms with Gasteiger partial charge in [0.1, 0.15) is 0 Å². The maximum atomic E-state index is 12.1. The third-order valence-electron chi connectivity index (χ3n) is 3.79. The Labute approximate surface area is 142 Å². The molecule has 0 aliphatic rings. The molecule has 0 heterocycles. The average molecular weight is 326 g/mol. The molecule has 2 aromatic rings. The number of methoxy groups -OCH3 is 1. The Balaban J connectivity index is 1.95. The molecular weight excluding hydrogens is 304 g/mol. The quantitative estimate of drug-likeness (QED) is 0.825. The number of amides is 2. The summed E-state index contributed by atoms with van der Waals surface area (Å²) in [5, 5.41) is 5.59. The first kappa shape index (κ1) is 17.5. The lowest BCUT2D eigenvalue weighted by molar-refractivity contribution is 0.0600. The van der Waals surface area contributed by atoms with Gasteiger partial charge in [-0.05, 0) is 23.8 Å². The van der Waals surface area contributed by atoms with Crippen molar-refractivity contribution in [2.24, 2.45) is 0 Å². The molecule has 0 spiro atoms. The number of anilines is 1. The smallest absolute Gasteiger partial charge is 0.337 e. The minimum Gasteiger partial charge on any atom is -0.465 e. The maximum Gasteiger partial charge on any atom is 0.337 e. The molecule has 5 heteroatoms. The monoisotopic (exact) mass is 326 g/mol. The van der Waals surface area contributed by atoms with Gasteiger partial charge < -0.3 is 15.4 Å². The summed E-state index contributed by atoms with van der Waals surface area (Å²) < 4.78 is 4.67. The second kappa shape index (κ2) is 7.64. The molecule has 0 aliphatic heterocycles. The molecule has 0 atom stereocenters. The molecular formula is C19H22N2O3. The molecule has 0 saturated carbocycles. The van der Waals surface area contributed by atoms with E-state index in [0.717, 1.165) is 5.56 Å². The fraction of sp³-hybridized carbons (Fsp3) is 0.263. The van der Waals surface area contributed by atoms with Crippen molar-refractivity contribution in [2.75, 3.05) is 19.0 Å². The lowest BCUT2D eigenvalue weighted by atomic mass is 9.85. The highest BCUT2D eigenvalue weighted by molar-refractivity contribution is 5.93. The largest absolute Gasteiger partial charge is 0.465 e. The fourth-order valence-electron chi connectivity index (χ4n) is 2.31. The minimum absolute atomic E-state index is 0.188. The second-order valence-electron chi connectivity index (χ2n) is 6.13. The Hall–Kier alpha value is -2.82. The van der Waals surface area contributed by atoms with Crippen LogP contribution in [0.25, 0.3) is 0 Å². The molecule has 24 heavy (non-hydrogen) atoms. The van der Waals surface area contributed by atoms with Gasteiger partial charge in [-0.2, -0.15) is 0 Å². The standard InChI is InChI=1S/C19H22N2O3/c1-19(2,15-9-5-4-6-10-15)13-20-18(23)21-16-11-7-8-14(12-16)17(22)24-3/h4-12H,13H2,1-3H3,(H2,20,21,23). The van der Waals surface area contributed by atoms with Crippen LogP contribution in [-0.2, 0) is 10.2 Å². The van der Waals surface area contributed by atoms with E-state index >= 15 is 0 Å². The van der Waals surface area contributed by atoms with Crippen molar-refractivity contribution in [2.45, 2.75) is 19.3 Å². The van der Waals surface area contributed by atoms with E-state index in [1.165, 1.54) is 7.11 Å². The van der Waals surface area contributed by atoms with E-state index in [9.17, 15) is 9.59 Å². The van der Waals surface area contributed by atoms with Gasteiger partial charge in [0, 0.05) is 17.6 Å². The molecule has 0 bridgehead atoms. The van der Waals surface area contributed by atoms with E-state index in [2.05, 4.69) is 29.2 Å². The van der Waals surface area contributed by atoms with E-state index in [-0.39, 0.29) is 11.4 Å². The zero-order valence-corrected chi connectivity index (χ0v) is 14.1. The van der Waals surface area contributed by atoms with Crippen LogP contribution in [-0.4, -0.2) is 25.7 Å². The summed E-state index contributed by atoms with van der Waals surface area (Å²) in [6.07, 6.45) is 0. The fourth-order valence-corrected chi connectivity index (χ4v) is 2.31. The third kappa shape index (κ3) is 4.59. The summed E-state index contributed by atoms with van der Waals surface area (Å²) in [7, 11) is 1.32. The van der Waals surface area contributed by atoms with Crippen molar-refractivity contribution in [3.8, 4) is 0 Å². The summed E-state index contributed by atoms with van der Waals surface area (Å²) in [5.74, 6) is -0.440. The molecule has 0 radical (unpaired) electrons. The Morgan fingerprint density at radius 2 is 1.75 bits per heavy atom. The third-order valence-corrected chi connectivity index (χ3v) is 3.79. The average Bonchev–Trinajstić information content (AvgIpc) is 2.60. The van der Waals surface area contributed by atoms with Crippen molar-refractivity contribution in [1.29, 1.82) is 0 Å². The number of rotatable bonds is 5. The van der Waals surface area contributed by atoms with Gasteiger partial charge >= 0.3 is 12.0 Å². The summed E-state index contributed by atoms with van der Waals surface area (Å²) in [6, 6.07) is 16.3. The van der Waals surface area contributed by atoms with Crippen LogP contribution in [0.2, 0.25) is 0 Å². The van der Waals surface area contributed by atoms with Crippen molar-refractivity contribution < 1.29 is 14.3 Å². The van der Waals surface area contributed by atoms with E-state index in [4.69, 9.17) is 0 Å². The van der Waals surface area contributed by atoms with Crippen LogP contribution in [0.5, 0.6) is 0 Å². The van der Waals surface area contributed by atoms with E-state index in [0.29, 0.717) is 17.8 Å². The summed E-state index contributed by atoms with van der Waals surface area (Å²) >= 11 is 0. The molecule has 126 valence electrons. The highest BCUT2D eigenvalue weighted by Gasteiger charge is 2.21. The van der Waals surface area contributed by atoms with Gasteiger partial charge in [0.25, 0.3) is 0 Å². The highest BCUT2D eigenvalue weighted by Crippen LogP contribution is 2.21. The number of nitrogens with one attached hydrogen (secondary N) is 2. The van der Waals surface area contributed by atoms with Crippen molar-refractivity contribution in [1.82, 2.24) is 5.32 Å². The molecule has 2 amide bonds. The molecule has 0 aliphatic carbocycles. The molecule has 2 aromatic carbocycles. The Morgan fingerprint density at radius 3 is 2.42 bits per heavy atom. The highest BCUT2D eigenvalue weighted by atomic mass is 16.5. The van der Waals surface area contributed by atoms with Crippen LogP contribution >= 0.6 is 0 Å². The van der Waals surface area contributed by atoms with Crippen LogP contribution in [0.15, 0.2) is 54.6 Å². The lowest BCUT2D eigenvalue weighted by Crippen LogP contribution is -2.38.